The molecule has 0 heterocycles. The van der Waals surface area contributed by atoms with Gasteiger partial charge < -0.3 is 15.4 Å². The number of hydrogen-bond donors (Lipinski definition) is 2. The Morgan fingerprint density at radius 3 is 2.20 bits per heavy atom. The van der Waals surface area contributed by atoms with Crippen LogP contribution in [0.2, 0.25) is 5.02 Å². The summed E-state index contributed by atoms with van der Waals surface area (Å²) < 4.78 is 5.31. The monoisotopic (exact) mass is 364 g/mol. The summed E-state index contributed by atoms with van der Waals surface area (Å²) in [6.07, 6.45) is 5.23. The molecule has 0 aliphatic heterocycles. The summed E-state index contributed by atoms with van der Waals surface area (Å²) in [5.41, 5.74) is 1.53. The number of amides is 2. The molecule has 1 aromatic carbocycles. The molecule has 0 bridgehead atoms. The van der Waals surface area contributed by atoms with E-state index in [1.165, 1.54) is 0 Å². The highest BCUT2D eigenvalue weighted by Gasteiger charge is 2.32. The predicted octanol–water partition coefficient (Wildman–Crippen LogP) is 3.68. The van der Waals surface area contributed by atoms with Crippen LogP contribution in [0.25, 0.3) is 0 Å². The van der Waals surface area contributed by atoms with Gasteiger partial charge in [0.2, 0.25) is 11.8 Å². The highest BCUT2D eigenvalue weighted by molar-refractivity contribution is 6.31. The van der Waals surface area contributed by atoms with Crippen molar-refractivity contribution in [1.82, 2.24) is 5.32 Å². The van der Waals surface area contributed by atoms with E-state index in [0.717, 1.165) is 44.1 Å². The molecule has 0 saturated heterocycles. The molecule has 0 atom stereocenters. The Kier molecular flexibility index (Phi) is 5.52. The molecule has 6 heteroatoms. The lowest BCUT2D eigenvalue weighted by Crippen LogP contribution is -2.36. The van der Waals surface area contributed by atoms with Gasteiger partial charge in [0.05, 0.1) is 12.8 Å². The largest absolute Gasteiger partial charge is 0.495 e. The number of halogens is 1. The van der Waals surface area contributed by atoms with Gasteiger partial charge in [0.1, 0.15) is 5.75 Å². The lowest BCUT2D eigenvalue weighted by atomic mass is 9.81. The Morgan fingerprint density at radius 1 is 1.04 bits per heavy atom. The molecule has 2 N–H and O–H groups in total. The molecule has 0 aromatic heterocycles. The molecule has 2 fully saturated rings. The van der Waals surface area contributed by atoms with Crippen molar-refractivity contribution in [3.05, 3.63) is 22.7 Å². The molecule has 0 unspecified atom stereocenters. The Hall–Kier alpha value is -1.75. The zero-order valence-electron chi connectivity index (χ0n) is 14.7. The molecule has 1 aromatic rings. The first kappa shape index (κ1) is 18.1. The van der Waals surface area contributed by atoms with Gasteiger partial charge in [-0.1, -0.05) is 11.6 Å². The van der Waals surface area contributed by atoms with Gasteiger partial charge in [-0.2, -0.15) is 0 Å². The molecule has 2 aliphatic rings. The lowest BCUT2D eigenvalue weighted by molar-refractivity contribution is -0.128. The molecule has 0 spiro atoms. The fourth-order valence-corrected chi connectivity index (χ4v) is 3.48. The molecular formula is C19H25ClN2O3. The first-order valence-corrected chi connectivity index (χ1v) is 9.31. The number of hydrogen-bond acceptors (Lipinski definition) is 3. The molecule has 136 valence electrons. The second-order valence-electron chi connectivity index (χ2n) is 7.12. The average molecular weight is 365 g/mol. The molecule has 2 amide bonds. The van der Waals surface area contributed by atoms with Crippen LogP contribution in [0.3, 0.4) is 0 Å². The maximum atomic E-state index is 12.6. The van der Waals surface area contributed by atoms with Crippen LogP contribution in [-0.4, -0.2) is 25.0 Å². The Bertz CT molecular complexity index is 665. The molecule has 0 radical (unpaired) electrons. The van der Waals surface area contributed by atoms with Crippen LogP contribution < -0.4 is 15.4 Å². The maximum absolute atomic E-state index is 12.6. The summed E-state index contributed by atoms with van der Waals surface area (Å²) in [6.45, 7) is 1.89. The summed E-state index contributed by atoms with van der Waals surface area (Å²) in [7, 11) is 1.56. The minimum atomic E-state index is -0.0642. The van der Waals surface area contributed by atoms with Gasteiger partial charge in [0.25, 0.3) is 0 Å². The highest BCUT2D eigenvalue weighted by Crippen LogP contribution is 2.34. The smallest absolute Gasteiger partial charge is 0.227 e. The topological polar surface area (TPSA) is 67.4 Å². The van der Waals surface area contributed by atoms with Crippen molar-refractivity contribution in [2.45, 2.75) is 51.5 Å². The summed E-state index contributed by atoms with van der Waals surface area (Å²) in [5, 5.41) is 6.64. The second-order valence-corrected chi connectivity index (χ2v) is 7.53. The summed E-state index contributed by atoms with van der Waals surface area (Å²) in [6, 6.07) is 3.94. The second kappa shape index (κ2) is 7.65. The van der Waals surface area contributed by atoms with Crippen molar-refractivity contribution in [2.75, 3.05) is 12.4 Å². The summed E-state index contributed by atoms with van der Waals surface area (Å²) >= 11 is 6.11. The van der Waals surface area contributed by atoms with E-state index in [9.17, 15) is 9.59 Å². The predicted molar refractivity (Wildman–Crippen MR) is 98.0 cm³/mol. The number of benzene rings is 1. The van der Waals surface area contributed by atoms with E-state index in [1.807, 2.05) is 13.0 Å². The summed E-state index contributed by atoms with van der Waals surface area (Å²) in [5.74, 6) is 0.696. The van der Waals surface area contributed by atoms with Crippen LogP contribution in [-0.2, 0) is 9.59 Å². The molecule has 2 aliphatic carbocycles. The normalized spacial score (nSPS) is 23.0. The number of ether oxygens (including phenoxy) is 1. The van der Waals surface area contributed by atoms with Crippen molar-refractivity contribution in [2.24, 2.45) is 11.8 Å². The van der Waals surface area contributed by atoms with Crippen molar-refractivity contribution >= 4 is 29.1 Å². The fraction of sp³-hybridized carbons (Fsp3) is 0.579. The molecular weight excluding hydrogens is 340 g/mol. The zero-order chi connectivity index (χ0) is 18.0. The third-order valence-electron chi connectivity index (χ3n) is 5.13. The van der Waals surface area contributed by atoms with Crippen molar-refractivity contribution in [3.8, 4) is 5.75 Å². The fourth-order valence-electron chi connectivity index (χ4n) is 3.33. The van der Waals surface area contributed by atoms with Crippen LogP contribution in [0.15, 0.2) is 12.1 Å². The Labute approximate surface area is 153 Å². The van der Waals surface area contributed by atoms with Gasteiger partial charge >= 0.3 is 0 Å². The van der Waals surface area contributed by atoms with Gasteiger partial charge in [-0.3, -0.25) is 9.59 Å². The summed E-state index contributed by atoms with van der Waals surface area (Å²) in [4.78, 5) is 24.7. The standard InChI is InChI=1S/C19H25ClN2O3/c1-11-9-16(17(25-2)10-15(11)20)22-19(24)13-5-3-12(4-6-13)18(23)21-14-7-8-14/h9-10,12-14H,3-8H2,1-2H3,(H,21,23)(H,22,24). The third kappa shape index (κ3) is 4.46. The number of methoxy groups -OCH3 is 1. The highest BCUT2D eigenvalue weighted by atomic mass is 35.5. The maximum Gasteiger partial charge on any atom is 0.227 e. The van der Waals surface area contributed by atoms with Crippen molar-refractivity contribution < 1.29 is 14.3 Å². The van der Waals surface area contributed by atoms with Crippen molar-refractivity contribution in [3.63, 3.8) is 0 Å². The van der Waals surface area contributed by atoms with Gasteiger partial charge in [-0.25, -0.2) is 0 Å². The van der Waals surface area contributed by atoms with Crippen LogP contribution in [0.4, 0.5) is 5.69 Å². The number of rotatable bonds is 5. The van der Waals surface area contributed by atoms with Gasteiger partial charge in [0, 0.05) is 29.0 Å². The first-order valence-electron chi connectivity index (χ1n) is 8.93. The molecule has 25 heavy (non-hydrogen) atoms. The van der Waals surface area contributed by atoms with Crippen LogP contribution >= 0.6 is 11.6 Å². The number of aryl methyl sites for hydroxylation is 1. The van der Waals surface area contributed by atoms with Gasteiger partial charge in [-0.15, -0.1) is 0 Å². The van der Waals surface area contributed by atoms with E-state index >= 15 is 0 Å². The average Bonchev–Trinajstić information content (AvgIpc) is 3.42. The quantitative estimate of drug-likeness (QED) is 0.837. The minimum absolute atomic E-state index is 0.0129. The van der Waals surface area contributed by atoms with E-state index in [2.05, 4.69) is 10.6 Å². The van der Waals surface area contributed by atoms with E-state index in [4.69, 9.17) is 16.3 Å². The third-order valence-corrected chi connectivity index (χ3v) is 5.54. The zero-order valence-corrected chi connectivity index (χ0v) is 15.5. The van der Waals surface area contributed by atoms with E-state index in [-0.39, 0.29) is 23.7 Å². The van der Waals surface area contributed by atoms with Gasteiger partial charge in [-0.05, 0) is 57.1 Å². The number of anilines is 1. The minimum Gasteiger partial charge on any atom is -0.495 e. The van der Waals surface area contributed by atoms with Gasteiger partial charge in [0.15, 0.2) is 0 Å². The van der Waals surface area contributed by atoms with Crippen LogP contribution in [0.1, 0.15) is 44.1 Å². The Balaban J connectivity index is 1.56. The van der Waals surface area contributed by atoms with E-state index in [1.54, 1.807) is 13.2 Å². The Morgan fingerprint density at radius 2 is 1.64 bits per heavy atom. The van der Waals surface area contributed by atoms with E-state index in [0.29, 0.717) is 22.5 Å². The number of carbonyl (C=O) groups is 2. The lowest BCUT2D eigenvalue weighted by Gasteiger charge is -2.27. The van der Waals surface area contributed by atoms with Crippen LogP contribution in [0.5, 0.6) is 5.75 Å². The molecule has 2 saturated carbocycles. The first-order chi connectivity index (χ1) is 12.0. The molecule has 5 nitrogen and oxygen atoms in total. The van der Waals surface area contributed by atoms with Crippen LogP contribution in [0, 0.1) is 18.8 Å². The number of carbonyl (C=O) groups excluding carboxylic acids is 2. The number of nitrogens with one attached hydrogen (secondary N) is 2. The van der Waals surface area contributed by atoms with Crippen molar-refractivity contribution in [1.29, 1.82) is 0 Å². The van der Waals surface area contributed by atoms with E-state index < -0.39 is 0 Å². The molecule has 3 rings (SSSR count). The SMILES string of the molecule is COc1cc(Cl)c(C)cc1NC(=O)C1CCC(C(=O)NC2CC2)CC1.